The summed E-state index contributed by atoms with van der Waals surface area (Å²) in [6.07, 6.45) is 0. The Morgan fingerprint density at radius 2 is 2.07 bits per heavy atom. The number of hydrazine groups is 1. The molecule has 4 heteroatoms. The Kier molecular flexibility index (Phi) is 2.49. The largest absolute Gasteiger partial charge is 0.497 e. The topological polar surface area (TPSA) is 41.6 Å². The summed E-state index contributed by atoms with van der Waals surface area (Å²) in [5.74, 6) is 0.940. The number of hydrogen-bond donors (Lipinski definition) is 1. The van der Waals surface area contributed by atoms with E-state index in [0.717, 1.165) is 11.4 Å². The maximum atomic E-state index is 11.3. The second-order valence-electron chi connectivity index (χ2n) is 3.69. The van der Waals surface area contributed by atoms with Gasteiger partial charge in [0.15, 0.2) is 0 Å². The molecule has 80 valence electrons. The number of methoxy groups -OCH3 is 1. The average molecular weight is 206 g/mol. The summed E-state index contributed by atoms with van der Waals surface area (Å²) in [5.41, 5.74) is 3.79. The average Bonchev–Trinajstić information content (AvgIpc) is 2.59. The van der Waals surface area contributed by atoms with Crippen molar-refractivity contribution < 1.29 is 9.53 Å². The number of ether oxygens (including phenoxy) is 1. The molecule has 2 rings (SSSR count). The summed E-state index contributed by atoms with van der Waals surface area (Å²) < 4.78 is 5.07. The molecule has 1 fully saturated rings. The summed E-state index contributed by atoms with van der Waals surface area (Å²) in [6, 6.07) is 7.61. The van der Waals surface area contributed by atoms with Gasteiger partial charge in [0.05, 0.1) is 25.3 Å². The third-order valence-electron chi connectivity index (χ3n) is 2.53. The second-order valence-corrected chi connectivity index (χ2v) is 3.69. The van der Waals surface area contributed by atoms with Crippen molar-refractivity contribution in [2.24, 2.45) is 5.92 Å². The van der Waals surface area contributed by atoms with Crippen LogP contribution in [0.4, 0.5) is 5.69 Å². The molecule has 1 unspecified atom stereocenters. The zero-order chi connectivity index (χ0) is 10.8. The second kappa shape index (κ2) is 3.81. The van der Waals surface area contributed by atoms with Gasteiger partial charge in [0.2, 0.25) is 5.91 Å². The molecule has 1 saturated heterocycles. The van der Waals surface area contributed by atoms with Crippen molar-refractivity contribution in [1.29, 1.82) is 0 Å². The first kappa shape index (κ1) is 9.83. The van der Waals surface area contributed by atoms with E-state index >= 15 is 0 Å². The van der Waals surface area contributed by atoms with Gasteiger partial charge in [0.25, 0.3) is 0 Å². The van der Waals surface area contributed by atoms with Crippen molar-refractivity contribution in [1.82, 2.24) is 5.43 Å². The maximum Gasteiger partial charge on any atom is 0.243 e. The first-order valence-electron chi connectivity index (χ1n) is 4.93. The number of rotatable bonds is 2. The fourth-order valence-electron chi connectivity index (χ4n) is 1.58. The quantitative estimate of drug-likeness (QED) is 0.790. The SMILES string of the molecule is COc1ccc(N2CC(C)C(=O)N2)cc1. The van der Waals surface area contributed by atoms with Crippen LogP contribution in [-0.2, 0) is 4.79 Å². The Morgan fingerprint density at radius 3 is 2.53 bits per heavy atom. The molecule has 0 spiro atoms. The smallest absolute Gasteiger partial charge is 0.243 e. The number of anilines is 1. The molecule has 4 nitrogen and oxygen atoms in total. The van der Waals surface area contributed by atoms with Crippen LogP contribution in [0.5, 0.6) is 5.75 Å². The van der Waals surface area contributed by atoms with Gasteiger partial charge in [-0.3, -0.25) is 15.2 Å². The molecule has 1 aromatic carbocycles. The summed E-state index contributed by atoms with van der Waals surface area (Å²) >= 11 is 0. The third-order valence-corrected chi connectivity index (χ3v) is 2.53. The van der Waals surface area contributed by atoms with E-state index in [4.69, 9.17) is 4.74 Å². The van der Waals surface area contributed by atoms with E-state index in [1.54, 1.807) is 7.11 Å². The minimum absolute atomic E-state index is 0.0482. The van der Waals surface area contributed by atoms with Gasteiger partial charge >= 0.3 is 0 Å². The Hall–Kier alpha value is -1.71. The lowest BCUT2D eigenvalue weighted by atomic mass is 10.2. The summed E-state index contributed by atoms with van der Waals surface area (Å²) in [5, 5.41) is 1.85. The van der Waals surface area contributed by atoms with Crippen LogP contribution in [-0.4, -0.2) is 19.6 Å². The van der Waals surface area contributed by atoms with Gasteiger partial charge in [-0.05, 0) is 24.3 Å². The first-order chi connectivity index (χ1) is 7.20. The van der Waals surface area contributed by atoms with Crippen molar-refractivity contribution >= 4 is 11.6 Å². The number of hydrogen-bond acceptors (Lipinski definition) is 3. The van der Waals surface area contributed by atoms with Gasteiger partial charge in [0, 0.05) is 0 Å². The van der Waals surface area contributed by atoms with Gasteiger partial charge in [-0.15, -0.1) is 0 Å². The number of nitrogens with one attached hydrogen (secondary N) is 1. The third kappa shape index (κ3) is 1.88. The molecule has 1 heterocycles. The molecule has 0 saturated carbocycles. The standard InChI is InChI=1S/C11H14N2O2/c1-8-7-13(12-11(8)14)9-3-5-10(15-2)6-4-9/h3-6,8H,7H2,1-2H3,(H,12,14). The maximum absolute atomic E-state index is 11.3. The zero-order valence-electron chi connectivity index (χ0n) is 8.86. The molecule has 1 aliphatic heterocycles. The number of benzene rings is 1. The Bertz CT molecular complexity index is 361. The monoisotopic (exact) mass is 206 g/mol. The van der Waals surface area contributed by atoms with Crippen molar-refractivity contribution in [3.05, 3.63) is 24.3 Å². The van der Waals surface area contributed by atoms with Crippen LogP contribution in [0.2, 0.25) is 0 Å². The lowest BCUT2D eigenvalue weighted by molar-refractivity contribution is -0.121. The van der Waals surface area contributed by atoms with Gasteiger partial charge in [-0.1, -0.05) is 6.92 Å². The van der Waals surface area contributed by atoms with Crippen LogP contribution in [0.3, 0.4) is 0 Å². The van der Waals surface area contributed by atoms with Crippen molar-refractivity contribution in [2.75, 3.05) is 18.7 Å². The highest BCUT2D eigenvalue weighted by Gasteiger charge is 2.26. The molecular weight excluding hydrogens is 192 g/mol. The Morgan fingerprint density at radius 1 is 1.40 bits per heavy atom. The molecule has 1 N–H and O–H groups in total. The minimum atomic E-state index is 0.0482. The molecule has 0 radical (unpaired) electrons. The van der Waals surface area contributed by atoms with Crippen LogP contribution in [0.1, 0.15) is 6.92 Å². The Labute approximate surface area is 88.8 Å². The highest BCUT2D eigenvalue weighted by molar-refractivity contribution is 5.83. The normalized spacial score (nSPS) is 20.3. The van der Waals surface area contributed by atoms with Crippen molar-refractivity contribution in [3.63, 3.8) is 0 Å². The molecule has 15 heavy (non-hydrogen) atoms. The fourth-order valence-corrected chi connectivity index (χ4v) is 1.58. The fraction of sp³-hybridized carbons (Fsp3) is 0.364. The molecule has 0 aromatic heterocycles. The highest BCUT2D eigenvalue weighted by Crippen LogP contribution is 2.21. The van der Waals surface area contributed by atoms with E-state index in [2.05, 4.69) is 5.43 Å². The Balaban J connectivity index is 2.13. The number of carbonyl (C=O) groups is 1. The predicted octanol–water partition coefficient (Wildman–Crippen LogP) is 1.18. The lowest BCUT2D eigenvalue weighted by Gasteiger charge is -2.17. The van der Waals surface area contributed by atoms with Gasteiger partial charge in [-0.2, -0.15) is 0 Å². The van der Waals surface area contributed by atoms with Crippen molar-refractivity contribution in [2.45, 2.75) is 6.92 Å². The van der Waals surface area contributed by atoms with Gasteiger partial charge < -0.3 is 4.74 Å². The summed E-state index contributed by atoms with van der Waals surface area (Å²) in [4.78, 5) is 11.3. The van der Waals surface area contributed by atoms with Crippen LogP contribution < -0.4 is 15.2 Å². The molecule has 1 aliphatic rings. The van der Waals surface area contributed by atoms with E-state index in [-0.39, 0.29) is 11.8 Å². The molecule has 1 amide bonds. The molecule has 1 atom stereocenters. The number of carbonyl (C=O) groups excluding carboxylic acids is 1. The first-order valence-corrected chi connectivity index (χ1v) is 4.93. The van der Waals surface area contributed by atoms with Gasteiger partial charge in [-0.25, -0.2) is 0 Å². The van der Waals surface area contributed by atoms with E-state index in [0.29, 0.717) is 6.54 Å². The van der Waals surface area contributed by atoms with E-state index in [1.165, 1.54) is 0 Å². The van der Waals surface area contributed by atoms with Crippen LogP contribution in [0, 0.1) is 5.92 Å². The summed E-state index contributed by atoms with van der Waals surface area (Å²) in [6.45, 7) is 2.63. The van der Waals surface area contributed by atoms with Crippen LogP contribution in [0.15, 0.2) is 24.3 Å². The minimum Gasteiger partial charge on any atom is -0.497 e. The highest BCUT2D eigenvalue weighted by atomic mass is 16.5. The van der Waals surface area contributed by atoms with Gasteiger partial charge in [0.1, 0.15) is 5.75 Å². The number of nitrogens with zero attached hydrogens (tertiary/aromatic N) is 1. The molecule has 1 aromatic rings. The van der Waals surface area contributed by atoms with E-state index in [1.807, 2.05) is 36.2 Å². The van der Waals surface area contributed by atoms with Crippen molar-refractivity contribution in [3.8, 4) is 5.75 Å². The van der Waals surface area contributed by atoms with Crippen LogP contribution >= 0.6 is 0 Å². The van der Waals surface area contributed by atoms with E-state index in [9.17, 15) is 4.79 Å². The molecule has 0 bridgehead atoms. The number of amides is 1. The zero-order valence-corrected chi connectivity index (χ0v) is 8.86. The summed E-state index contributed by atoms with van der Waals surface area (Å²) in [7, 11) is 1.63. The molecule has 0 aliphatic carbocycles. The molecular formula is C11H14N2O2. The van der Waals surface area contributed by atoms with E-state index < -0.39 is 0 Å². The van der Waals surface area contributed by atoms with Crippen LogP contribution in [0.25, 0.3) is 0 Å². The lowest BCUT2D eigenvalue weighted by Crippen LogP contribution is -2.32. The predicted molar refractivity (Wildman–Crippen MR) is 57.6 cm³/mol.